The van der Waals surface area contributed by atoms with Crippen LogP contribution in [0.4, 0.5) is 0 Å². The summed E-state index contributed by atoms with van der Waals surface area (Å²) >= 11 is 12.5. The zero-order chi connectivity index (χ0) is 13.5. The van der Waals surface area contributed by atoms with Crippen molar-refractivity contribution < 1.29 is 4.74 Å². The maximum atomic E-state index is 6.27. The Labute approximate surface area is 120 Å². The van der Waals surface area contributed by atoms with Crippen LogP contribution < -0.4 is 5.32 Å². The molecule has 4 heteroatoms. The predicted molar refractivity (Wildman–Crippen MR) is 78.8 cm³/mol. The van der Waals surface area contributed by atoms with Gasteiger partial charge in [0.15, 0.2) is 0 Å². The summed E-state index contributed by atoms with van der Waals surface area (Å²) in [7, 11) is 1.70. The van der Waals surface area contributed by atoms with E-state index in [0.29, 0.717) is 18.4 Å². The van der Waals surface area contributed by atoms with E-state index in [0.717, 1.165) is 28.7 Å². The molecule has 0 aliphatic carbocycles. The van der Waals surface area contributed by atoms with Crippen LogP contribution in [0.3, 0.4) is 0 Å². The summed E-state index contributed by atoms with van der Waals surface area (Å²) < 4.78 is 5.02. The Balaban J connectivity index is 2.78. The van der Waals surface area contributed by atoms with Crippen molar-refractivity contribution >= 4 is 23.2 Å². The number of halogens is 2. The second kappa shape index (κ2) is 8.00. The molecule has 0 spiro atoms. The first-order valence-electron chi connectivity index (χ1n) is 6.21. The molecule has 1 unspecified atom stereocenters. The lowest BCUT2D eigenvalue weighted by Gasteiger charge is -2.24. The molecule has 1 atom stereocenters. The second-order valence-corrected chi connectivity index (χ2v) is 5.50. The van der Waals surface area contributed by atoms with E-state index < -0.39 is 0 Å². The molecule has 102 valence electrons. The molecule has 1 aromatic rings. The number of benzene rings is 1. The fourth-order valence-corrected chi connectivity index (χ4v) is 2.65. The van der Waals surface area contributed by atoms with Crippen LogP contribution in [0.1, 0.15) is 25.3 Å². The Kier molecular flexibility index (Phi) is 7.02. The normalized spacial score (nSPS) is 13.0. The van der Waals surface area contributed by atoms with E-state index in [1.165, 1.54) is 0 Å². The molecule has 0 fully saturated rings. The van der Waals surface area contributed by atoms with Gasteiger partial charge in [-0.25, -0.2) is 0 Å². The highest BCUT2D eigenvalue weighted by Crippen LogP contribution is 2.35. The maximum Gasteiger partial charge on any atom is 0.0587 e. The van der Waals surface area contributed by atoms with Gasteiger partial charge in [-0.2, -0.15) is 0 Å². The van der Waals surface area contributed by atoms with Gasteiger partial charge in [-0.3, -0.25) is 0 Å². The van der Waals surface area contributed by atoms with Crippen LogP contribution >= 0.6 is 23.2 Å². The van der Waals surface area contributed by atoms with Gasteiger partial charge in [0.25, 0.3) is 0 Å². The number of ether oxygens (including phenoxy) is 1. The first kappa shape index (κ1) is 15.8. The molecule has 0 saturated heterocycles. The standard InChI is InChI=1S/C14H21Cl2NO/c1-10(2)11(9-17-7-8-18-3)14-12(15)5-4-6-13(14)16/h4-6,10-11,17H,7-9H2,1-3H3. The highest BCUT2D eigenvalue weighted by Gasteiger charge is 2.20. The average molecular weight is 290 g/mol. The maximum absolute atomic E-state index is 6.27. The van der Waals surface area contributed by atoms with Crippen LogP contribution in [0.5, 0.6) is 0 Å². The summed E-state index contributed by atoms with van der Waals surface area (Å²) in [5.74, 6) is 0.778. The van der Waals surface area contributed by atoms with Gasteiger partial charge in [-0.15, -0.1) is 0 Å². The predicted octanol–water partition coefficient (Wildman–Crippen LogP) is 3.97. The van der Waals surface area contributed by atoms with Gasteiger partial charge in [-0.1, -0.05) is 43.1 Å². The zero-order valence-corrected chi connectivity index (χ0v) is 12.7. The van der Waals surface area contributed by atoms with Crippen molar-refractivity contribution in [3.8, 4) is 0 Å². The van der Waals surface area contributed by atoms with Crippen molar-refractivity contribution in [3.63, 3.8) is 0 Å². The second-order valence-electron chi connectivity index (χ2n) is 4.68. The lowest BCUT2D eigenvalue weighted by Crippen LogP contribution is -2.27. The number of nitrogens with one attached hydrogen (secondary N) is 1. The molecular formula is C14H21Cl2NO. The van der Waals surface area contributed by atoms with Crippen molar-refractivity contribution in [1.82, 2.24) is 5.32 Å². The van der Waals surface area contributed by atoms with E-state index in [4.69, 9.17) is 27.9 Å². The molecule has 0 aliphatic rings. The summed E-state index contributed by atoms with van der Waals surface area (Å²) in [5.41, 5.74) is 1.04. The highest BCUT2D eigenvalue weighted by molar-refractivity contribution is 6.36. The summed E-state index contributed by atoms with van der Waals surface area (Å²) in [4.78, 5) is 0. The van der Waals surface area contributed by atoms with E-state index >= 15 is 0 Å². The third kappa shape index (κ3) is 4.43. The van der Waals surface area contributed by atoms with E-state index in [-0.39, 0.29) is 0 Å². The molecule has 0 aromatic heterocycles. The van der Waals surface area contributed by atoms with Gasteiger partial charge in [-0.05, 0) is 23.6 Å². The number of hydrogen-bond donors (Lipinski definition) is 1. The monoisotopic (exact) mass is 289 g/mol. The Morgan fingerprint density at radius 2 is 1.83 bits per heavy atom. The Morgan fingerprint density at radius 1 is 1.22 bits per heavy atom. The summed E-state index contributed by atoms with van der Waals surface area (Å²) in [6, 6.07) is 5.67. The lowest BCUT2D eigenvalue weighted by molar-refractivity contribution is 0.198. The largest absolute Gasteiger partial charge is 0.383 e. The number of methoxy groups -OCH3 is 1. The van der Waals surface area contributed by atoms with Crippen molar-refractivity contribution in [2.45, 2.75) is 19.8 Å². The molecule has 0 radical (unpaired) electrons. The molecule has 0 aliphatic heterocycles. The lowest BCUT2D eigenvalue weighted by atomic mass is 9.88. The molecule has 1 aromatic carbocycles. The van der Waals surface area contributed by atoms with Crippen LogP contribution in [0.2, 0.25) is 10.0 Å². The van der Waals surface area contributed by atoms with Crippen molar-refractivity contribution in [1.29, 1.82) is 0 Å². The van der Waals surface area contributed by atoms with Crippen LogP contribution in [0, 0.1) is 5.92 Å². The van der Waals surface area contributed by atoms with Crippen LogP contribution in [-0.2, 0) is 4.74 Å². The number of rotatable bonds is 7. The topological polar surface area (TPSA) is 21.3 Å². The number of hydrogen-bond acceptors (Lipinski definition) is 2. The smallest absolute Gasteiger partial charge is 0.0587 e. The highest BCUT2D eigenvalue weighted by atomic mass is 35.5. The molecule has 1 N–H and O–H groups in total. The van der Waals surface area contributed by atoms with Gasteiger partial charge in [0.2, 0.25) is 0 Å². The third-order valence-electron chi connectivity index (χ3n) is 3.02. The minimum absolute atomic E-state index is 0.308. The van der Waals surface area contributed by atoms with Gasteiger partial charge in [0.05, 0.1) is 6.61 Å². The summed E-state index contributed by atoms with van der Waals surface area (Å²) in [6.45, 7) is 6.76. The fourth-order valence-electron chi connectivity index (χ4n) is 1.97. The zero-order valence-electron chi connectivity index (χ0n) is 11.2. The minimum atomic E-state index is 0.308. The molecule has 0 amide bonds. The molecule has 18 heavy (non-hydrogen) atoms. The van der Waals surface area contributed by atoms with Gasteiger partial charge >= 0.3 is 0 Å². The summed E-state index contributed by atoms with van der Waals surface area (Å²) in [5, 5.41) is 4.87. The van der Waals surface area contributed by atoms with Crippen LogP contribution in [0.25, 0.3) is 0 Å². The Hall–Kier alpha value is -0.280. The molecule has 0 saturated carbocycles. The first-order chi connectivity index (χ1) is 8.57. The molecular weight excluding hydrogens is 269 g/mol. The van der Waals surface area contributed by atoms with Gasteiger partial charge < -0.3 is 10.1 Å². The summed E-state index contributed by atoms with van der Waals surface area (Å²) in [6.07, 6.45) is 0. The average Bonchev–Trinajstić information content (AvgIpc) is 2.31. The van der Waals surface area contributed by atoms with Gasteiger partial charge in [0, 0.05) is 36.2 Å². The molecule has 0 heterocycles. The van der Waals surface area contributed by atoms with Crippen LogP contribution in [0.15, 0.2) is 18.2 Å². The van der Waals surface area contributed by atoms with E-state index in [2.05, 4.69) is 19.2 Å². The van der Waals surface area contributed by atoms with Crippen molar-refractivity contribution in [2.75, 3.05) is 26.8 Å². The molecule has 2 nitrogen and oxygen atoms in total. The molecule has 0 bridgehead atoms. The fraction of sp³-hybridized carbons (Fsp3) is 0.571. The third-order valence-corrected chi connectivity index (χ3v) is 3.68. The first-order valence-corrected chi connectivity index (χ1v) is 6.97. The van der Waals surface area contributed by atoms with Gasteiger partial charge in [0.1, 0.15) is 0 Å². The molecule has 1 rings (SSSR count). The Morgan fingerprint density at radius 3 is 2.33 bits per heavy atom. The minimum Gasteiger partial charge on any atom is -0.383 e. The van der Waals surface area contributed by atoms with Crippen LogP contribution in [-0.4, -0.2) is 26.8 Å². The quantitative estimate of drug-likeness (QED) is 0.767. The van der Waals surface area contributed by atoms with E-state index in [1.807, 2.05) is 18.2 Å². The Bertz CT molecular complexity index is 349. The van der Waals surface area contributed by atoms with Crippen molar-refractivity contribution in [2.24, 2.45) is 5.92 Å². The van der Waals surface area contributed by atoms with Crippen molar-refractivity contribution in [3.05, 3.63) is 33.8 Å². The van der Waals surface area contributed by atoms with E-state index in [1.54, 1.807) is 7.11 Å². The van der Waals surface area contributed by atoms with E-state index in [9.17, 15) is 0 Å². The SMILES string of the molecule is COCCNCC(c1c(Cl)cccc1Cl)C(C)C.